The number of ether oxygens (including phenoxy) is 4. The van der Waals surface area contributed by atoms with Crippen LogP contribution in [0, 0.1) is 23.3 Å². The molecular formula is C41H52Cl7F4I6N4O8S2-. The maximum absolute atomic E-state index is 13.8. The second kappa shape index (κ2) is 41.9. The van der Waals surface area contributed by atoms with Gasteiger partial charge in [0.2, 0.25) is 10.0 Å². The van der Waals surface area contributed by atoms with Crippen LogP contribution in [0.3, 0.4) is 0 Å². The Morgan fingerprint density at radius 3 is 1.32 bits per heavy atom. The fraction of sp³-hybridized carbons (Fsp3) is 0.415. The molecule has 3 N–H and O–H groups in total. The molecule has 6 rings (SSSR count). The van der Waals surface area contributed by atoms with E-state index >= 15 is 0 Å². The Labute approximate surface area is 527 Å². The van der Waals surface area contributed by atoms with Crippen LogP contribution in [0.4, 0.5) is 17.6 Å². The molecule has 31 heteroatoms. The Hall–Kier alpha value is 1.95. The van der Waals surface area contributed by atoms with E-state index in [-0.39, 0.29) is 60.7 Å². The van der Waals surface area contributed by atoms with Crippen molar-refractivity contribution in [3.63, 3.8) is 0 Å². The van der Waals surface area contributed by atoms with Crippen molar-refractivity contribution in [3.8, 4) is 23.0 Å². The van der Waals surface area contributed by atoms with Gasteiger partial charge in [0.25, 0.3) is 9.05 Å². The van der Waals surface area contributed by atoms with Crippen molar-refractivity contribution in [1.82, 2.24) is 14.5 Å². The second-order valence-corrected chi connectivity index (χ2v) is 36.0. The first-order valence-corrected chi connectivity index (χ1v) is 44.1. The van der Waals surface area contributed by atoms with E-state index in [0.29, 0.717) is 62.5 Å². The third kappa shape index (κ3) is 26.9. The molecule has 0 spiro atoms. The van der Waals surface area contributed by atoms with E-state index in [1.807, 2.05) is 12.1 Å². The number of hydrogen-bond donors (Lipinski definition) is 2. The van der Waals surface area contributed by atoms with E-state index in [1.165, 1.54) is 16.7 Å². The molecule has 416 valence electrons. The summed E-state index contributed by atoms with van der Waals surface area (Å²) in [5.74, 6) is -1.48. The van der Waals surface area contributed by atoms with Crippen LogP contribution in [0.1, 0.15) is 35.1 Å². The molecule has 0 atom stereocenters. The van der Waals surface area contributed by atoms with Crippen molar-refractivity contribution in [2.75, 3.05) is 73.0 Å². The summed E-state index contributed by atoms with van der Waals surface area (Å²) in [4.78, 5) is 3.15. The predicted molar refractivity (Wildman–Crippen MR) is 329 cm³/mol. The summed E-state index contributed by atoms with van der Waals surface area (Å²) in [5, 5.41) is -0.753. The van der Waals surface area contributed by atoms with Crippen molar-refractivity contribution >= 4 is 199 Å². The molecule has 72 heavy (non-hydrogen) atoms. The SMILES string of the molecule is COc1cc2c(cc1OC)CN(CCCN)CC2.COc1cc2c(cc1OC)CN(CCCNS(=O)(=O)c1cc(Cl)c(F)cc1F)CC2.Cl.Cl.ClCCl.I.II.I[I-]I.O=S(=O)(Cl)c1cc(Cl)c(F)cc1F. The van der Waals surface area contributed by atoms with Crippen LogP contribution in [-0.2, 0) is 45.0 Å². The van der Waals surface area contributed by atoms with Gasteiger partial charge in [0, 0.05) is 92.8 Å². The summed E-state index contributed by atoms with van der Waals surface area (Å²) in [6.45, 7) is 6.23. The Bertz CT molecular complexity index is 2460. The molecule has 0 unspecified atom stereocenters. The Kier molecular flexibility index (Phi) is 45.5. The topological polar surface area (TPSA) is 150 Å². The largest absolute Gasteiger partial charge is 0.264 e. The van der Waals surface area contributed by atoms with Crippen molar-refractivity contribution in [2.45, 2.75) is 48.6 Å². The molecule has 0 bridgehead atoms. The number of nitrogens with zero attached hydrogens (tertiary/aromatic N) is 2. The van der Waals surface area contributed by atoms with Crippen LogP contribution in [0.15, 0.2) is 58.3 Å². The summed E-state index contributed by atoms with van der Waals surface area (Å²) in [6.07, 6.45) is 3.50. The third-order valence-corrected chi connectivity index (χ3v) is 13.1. The van der Waals surface area contributed by atoms with E-state index in [9.17, 15) is 34.4 Å². The monoisotopic (exact) mass is 1870 g/mol. The summed E-state index contributed by atoms with van der Waals surface area (Å²) < 4.78 is 122. The van der Waals surface area contributed by atoms with Gasteiger partial charge in [-0.25, -0.2) is 39.1 Å². The van der Waals surface area contributed by atoms with Crippen LogP contribution in [0.25, 0.3) is 0 Å². The zero-order valence-corrected chi connectivity index (χ0v) is 58.5. The Morgan fingerprint density at radius 2 is 0.972 bits per heavy atom. The zero-order valence-electron chi connectivity index (χ0n) is 38.4. The first kappa shape index (κ1) is 78.2. The number of nitrogens with two attached hydrogens (primary N) is 1. The van der Waals surface area contributed by atoms with E-state index in [2.05, 4.69) is 101 Å². The molecule has 0 saturated heterocycles. The minimum Gasteiger partial charge on any atom is -0.207 e. The van der Waals surface area contributed by atoms with E-state index in [4.69, 9.17) is 81.8 Å². The van der Waals surface area contributed by atoms with Gasteiger partial charge in [-0.15, -0.1) is 72.0 Å². The molecule has 4 aromatic carbocycles. The van der Waals surface area contributed by atoms with Gasteiger partial charge in [0.05, 0.1) is 43.8 Å². The maximum atomic E-state index is 13.8. The van der Waals surface area contributed by atoms with Crippen LogP contribution in [0.2, 0.25) is 10.0 Å². The molecule has 2 aliphatic rings. The summed E-state index contributed by atoms with van der Waals surface area (Å²) in [7, 11) is 3.04. The molecular weight excluding hydrogens is 1830 g/mol. The second-order valence-electron chi connectivity index (χ2n) is 13.9. The number of halogens is 17. The minimum atomic E-state index is -4.23. The van der Waals surface area contributed by atoms with Gasteiger partial charge in [0.1, 0.15) is 33.1 Å². The Morgan fingerprint density at radius 1 is 0.639 bits per heavy atom. The average Bonchev–Trinajstić information content (AvgIpc) is 3.32. The summed E-state index contributed by atoms with van der Waals surface area (Å²) in [6, 6.07) is 10.4. The molecule has 2 aliphatic heterocycles. The molecule has 0 aromatic heterocycles. The van der Waals surface area contributed by atoms with E-state index < -0.39 is 62.2 Å². The third-order valence-electron chi connectivity index (χ3n) is 9.72. The molecule has 2 heterocycles. The number of fused-ring (bicyclic) bond motifs is 2. The quantitative estimate of drug-likeness (QED) is 0.0310. The van der Waals surface area contributed by atoms with Crippen LogP contribution in [-0.4, -0.2) is 99.7 Å². The first-order valence-electron chi connectivity index (χ1n) is 19.7. The van der Waals surface area contributed by atoms with Crippen molar-refractivity contribution in [2.24, 2.45) is 5.73 Å². The number of hydrogen-bond acceptors (Lipinski definition) is 11. The Balaban J connectivity index is -0.000000970. The van der Waals surface area contributed by atoms with Crippen molar-refractivity contribution in [1.29, 1.82) is 0 Å². The molecule has 4 aromatic rings. The smallest absolute Gasteiger partial charge is 0.207 e. The van der Waals surface area contributed by atoms with Gasteiger partial charge in [-0.2, -0.15) is 0 Å². The standard InChI is InChI=1S/C20H23ClF2N2O4S.C14H22N2O2.C6H2Cl2F2O2S.CH2Cl2.2ClH.I3.I2.HI/c1-28-18-8-13-4-7-25(12-14(13)9-19(18)29-2)6-3-5-24-30(26,27)20-10-15(21)16(22)11-17(20)23;1-17-13-8-11-4-7-16(6-3-5-15)10-12(11)9-14(13)18-2;7-3-1-6(13(8,11)12)5(10)2-4(3)9;2-1-3;;;1-3-2;1-2;/h8-11,24H,3-7,12H2,1-2H3;8-9H,3-7,10,15H2,1-2H3;1-2H;1H2;2*1H;;;1H/q;;;;;;-1;;. The number of rotatable bonds is 14. The number of benzene rings is 4. The van der Waals surface area contributed by atoms with E-state index in [0.717, 1.165) is 75.1 Å². The molecule has 0 aliphatic carbocycles. The van der Waals surface area contributed by atoms with Crippen LogP contribution < -0.4 is 42.7 Å². The predicted octanol–water partition coefficient (Wildman–Crippen LogP) is 10.7. The molecule has 0 fully saturated rings. The van der Waals surface area contributed by atoms with Gasteiger partial charge in [-0.1, -0.05) is 23.2 Å². The van der Waals surface area contributed by atoms with Crippen molar-refractivity contribution in [3.05, 3.63) is 104 Å². The van der Waals surface area contributed by atoms with Crippen LogP contribution >= 0.6 is 180 Å². The fourth-order valence-electron chi connectivity index (χ4n) is 6.57. The van der Waals surface area contributed by atoms with Gasteiger partial charge >= 0.3 is 50.5 Å². The van der Waals surface area contributed by atoms with Crippen LogP contribution in [0.5, 0.6) is 23.0 Å². The molecule has 0 saturated carbocycles. The maximum Gasteiger partial charge on any atom is 0.264 e. The number of alkyl halides is 2. The number of methoxy groups -OCH3 is 4. The average molecular weight is 1880 g/mol. The van der Waals surface area contributed by atoms with Gasteiger partial charge in [-0.3, -0.25) is 9.80 Å². The fourth-order valence-corrected chi connectivity index (χ4v) is 9.09. The van der Waals surface area contributed by atoms with Crippen molar-refractivity contribution < 1.29 is 66.6 Å². The first-order chi connectivity index (χ1) is 32.7. The summed E-state index contributed by atoms with van der Waals surface area (Å²) >= 11 is 29.9. The zero-order chi connectivity index (χ0) is 52.5. The normalized spacial score (nSPS) is 12.6. The summed E-state index contributed by atoms with van der Waals surface area (Å²) in [5.41, 5.74) is 10.6. The molecule has 0 radical (unpaired) electrons. The van der Waals surface area contributed by atoms with E-state index in [1.54, 1.807) is 28.4 Å². The molecule has 0 amide bonds. The van der Waals surface area contributed by atoms with Gasteiger partial charge < -0.3 is 24.7 Å². The molecule has 12 nitrogen and oxygen atoms in total. The number of nitrogens with one attached hydrogen (secondary N) is 1. The minimum absolute atomic E-state index is 0. The number of sulfonamides is 1. The van der Waals surface area contributed by atoms with Gasteiger partial charge in [0.15, 0.2) is 23.0 Å². The van der Waals surface area contributed by atoms with Gasteiger partial charge in [-0.05, 0) is 104 Å².